The van der Waals surface area contributed by atoms with Crippen molar-refractivity contribution in [3.05, 3.63) is 102 Å². The van der Waals surface area contributed by atoms with Crippen LogP contribution < -0.4 is 0 Å². The number of carbonyl (C=O) groups is 2. The summed E-state index contributed by atoms with van der Waals surface area (Å²) in [5.74, 6) is 1.82. The van der Waals surface area contributed by atoms with Crippen molar-refractivity contribution in [2.24, 2.45) is 5.92 Å². The van der Waals surface area contributed by atoms with Gasteiger partial charge in [-0.05, 0) is 29.1 Å². The van der Waals surface area contributed by atoms with Crippen molar-refractivity contribution < 1.29 is 9.59 Å². The summed E-state index contributed by atoms with van der Waals surface area (Å²) >= 11 is 1.39. The number of carbonyl (C=O) groups excluding carboxylic acids is 2. The molecule has 132 valence electrons. The van der Waals surface area contributed by atoms with E-state index in [1.165, 1.54) is 11.8 Å². The van der Waals surface area contributed by atoms with E-state index in [4.69, 9.17) is 0 Å². The lowest BCUT2D eigenvalue weighted by atomic mass is 9.88. The van der Waals surface area contributed by atoms with Gasteiger partial charge in [0.1, 0.15) is 0 Å². The van der Waals surface area contributed by atoms with Crippen LogP contribution in [0.4, 0.5) is 0 Å². The van der Waals surface area contributed by atoms with E-state index in [9.17, 15) is 9.59 Å². The number of hydrogen-bond acceptors (Lipinski definition) is 3. The summed E-state index contributed by atoms with van der Waals surface area (Å²) in [6, 6.07) is 27.6. The van der Waals surface area contributed by atoms with E-state index in [2.05, 4.69) is 11.2 Å². The Bertz CT molecular complexity index is 903. The summed E-state index contributed by atoms with van der Waals surface area (Å²) in [4.78, 5) is 26.9. The molecule has 0 aliphatic heterocycles. The maximum atomic E-state index is 12.9. The number of Topliss-reactive ketones (excluding diaryl/α,β-unsaturated/α-hetero) is 2. The third-order valence-electron chi connectivity index (χ3n) is 4.04. The van der Waals surface area contributed by atoms with Gasteiger partial charge < -0.3 is 0 Å². The third-order valence-corrected chi connectivity index (χ3v) is 4.79. The van der Waals surface area contributed by atoms with Gasteiger partial charge in [-0.3, -0.25) is 9.59 Å². The van der Waals surface area contributed by atoms with E-state index in [0.717, 1.165) is 4.90 Å². The van der Waals surface area contributed by atoms with Crippen LogP contribution in [0.3, 0.4) is 0 Å². The van der Waals surface area contributed by atoms with Crippen molar-refractivity contribution in [3.63, 3.8) is 0 Å². The first-order valence-electron chi connectivity index (χ1n) is 8.64. The first kappa shape index (κ1) is 18.7. The maximum absolute atomic E-state index is 12.9. The van der Waals surface area contributed by atoms with E-state index in [0.29, 0.717) is 11.1 Å². The monoisotopic (exact) mass is 370 g/mol. The minimum Gasteiger partial charge on any atom is -0.293 e. The average Bonchev–Trinajstić information content (AvgIpc) is 2.75. The molecule has 0 aliphatic carbocycles. The van der Waals surface area contributed by atoms with Gasteiger partial charge in [-0.2, -0.15) is 0 Å². The normalized spacial score (nSPS) is 10.1. The van der Waals surface area contributed by atoms with Crippen LogP contribution in [0.15, 0.2) is 95.9 Å². The molecule has 0 saturated carbocycles. The molecule has 0 aromatic heterocycles. The molecule has 0 aliphatic rings. The molecule has 3 aromatic carbocycles. The molecule has 0 radical (unpaired) electrons. The number of hydrogen-bond donors (Lipinski definition) is 0. The summed E-state index contributed by atoms with van der Waals surface area (Å²) < 4.78 is 0. The molecule has 0 spiro atoms. The van der Waals surface area contributed by atoms with E-state index in [1.54, 1.807) is 48.5 Å². The quantitative estimate of drug-likeness (QED) is 0.248. The molecular weight excluding hydrogens is 352 g/mol. The molecular formula is C24H18O2S. The molecule has 0 saturated heterocycles. The molecule has 0 N–H and O–H groups in total. The van der Waals surface area contributed by atoms with Crippen LogP contribution in [0.2, 0.25) is 0 Å². The highest BCUT2D eigenvalue weighted by atomic mass is 32.2. The van der Waals surface area contributed by atoms with Crippen LogP contribution >= 0.6 is 11.8 Å². The Labute approximate surface area is 163 Å². The summed E-state index contributed by atoms with van der Waals surface area (Å²) in [5.41, 5.74) is 1.06. The van der Waals surface area contributed by atoms with Crippen LogP contribution in [0, 0.1) is 17.1 Å². The van der Waals surface area contributed by atoms with Crippen molar-refractivity contribution in [2.75, 3.05) is 0 Å². The first-order valence-corrected chi connectivity index (χ1v) is 9.45. The van der Waals surface area contributed by atoms with Gasteiger partial charge in [0.05, 0.1) is 5.92 Å². The zero-order valence-electron chi connectivity index (χ0n) is 14.7. The Kier molecular flexibility index (Phi) is 6.62. The maximum Gasteiger partial charge on any atom is 0.174 e. The van der Waals surface area contributed by atoms with Crippen molar-refractivity contribution >= 4 is 23.3 Å². The molecule has 0 bridgehead atoms. The number of rotatable bonds is 6. The molecule has 0 amide bonds. The smallest absolute Gasteiger partial charge is 0.174 e. The van der Waals surface area contributed by atoms with Crippen molar-refractivity contribution in [2.45, 2.75) is 11.3 Å². The number of thioether (sulfide) groups is 1. The zero-order chi connectivity index (χ0) is 18.9. The van der Waals surface area contributed by atoms with Crippen LogP contribution in [0.5, 0.6) is 0 Å². The highest BCUT2D eigenvalue weighted by Crippen LogP contribution is 2.20. The van der Waals surface area contributed by atoms with Gasteiger partial charge in [0.15, 0.2) is 11.6 Å². The van der Waals surface area contributed by atoms with E-state index < -0.39 is 5.92 Å². The molecule has 0 fully saturated rings. The highest BCUT2D eigenvalue weighted by Gasteiger charge is 2.27. The van der Waals surface area contributed by atoms with Gasteiger partial charge in [-0.1, -0.05) is 84.8 Å². The lowest BCUT2D eigenvalue weighted by Crippen LogP contribution is -2.24. The predicted molar refractivity (Wildman–Crippen MR) is 110 cm³/mol. The molecule has 0 atom stereocenters. The van der Waals surface area contributed by atoms with Gasteiger partial charge in [0.25, 0.3) is 0 Å². The van der Waals surface area contributed by atoms with Crippen molar-refractivity contribution in [3.8, 4) is 11.2 Å². The van der Waals surface area contributed by atoms with Crippen molar-refractivity contribution in [1.29, 1.82) is 0 Å². The topological polar surface area (TPSA) is 34.1 Å². The highest BCUT2D eigenvalue weighted by molar-refractivity contribution is 8.03. The summed E-state index contributed by atoms with van der Waals surface area (Å²) in [6.45, 7) is 0. The Hall–Kier alpha value is -3.09. The standard InChI is InChI=1S/C24H18O2S/c25-23(19-11-4-1-5-12-19)22(24(26)20-13-6-2-7-14-20)17-10-18-27-21-15-8-3-9-16-21/h1-9,11-16,22H,17H2. The zero-order valence-corrected chi connectivity index (χ0v) is 15.5. The fraction of sp³-hybridized carbons (Fsp3) is 0.0833. The summed E-state index contributed by atoms with van der Waals surface area (Å²) in [7, 11) is 0. The van der Waals surface area contributed by atoms with E-state index >= 15 is 0 Å². The van der Waals surface area contributed by atoms with Gasteiger partial charge in [0, 0.05) is 22.4 Å². The molecule has 3 aromatic rings. The predicted octanol–water partition coefficient (Wildman–Crippen LogP) is 5.51. The van der Waals surface area contributed by atoms with Gasteiger partial charge in [0.2, 0.25) is 0 Å². The van der Waals surface area contributed by atoms with Crippen LogP contribution in [-0.2, 0) is 0 Å². The van der Waals surface area contributed by atoms with Crippen LogP contribution in [0.25, 0.3) is 0 Å². The molecule has 2 nitrogen and oxygen atoms in total. The second kappa shape index (κ2) is 9.56. The third kappa shape index (κ3) is 5.20. The molecule has 0 heterocycles. The number of ketones is 2. The molecule has 3 rings (SSSR count). The molecule has 27 heavy (non-hydrogen) atoms. The van der Waals surface area contributed by atoms with E-state index in [1.807, 2.05) is 42.5 Å². The Balaban J connectivity index is 1.80. The van der Waals surface area contributed by atoms with E-state index in [-0.39, 0.29) is 18.0 Å². The Morgan fingerprint density at radius 1 is 0.704 bits per heavy atom. The fourth-order valence-electron chi connectivity index (χ4n) is 2.64. The summed E-state index contributed by atoms with van der Waals surface area (Å²) in [5, 5.41) is 3.01. The average molecular weight is 370 g/mol. The lowest BCUT2D eigenvalue weighted by molar-refractivity contribution is 0.0810. The van der Waals surface area contributed by atoms with Gasteiger partial charge in [-0.25, -0.2) is 0 Å². The number of benzene rings is 3. The minimum absolute atomic E-state index is 0.191. The lowest BCUT2D eigenvalue weighted by Gasteiger charge is -2.12. The summed E-state index contributed by atoms with van der Waals surface area (Å²) in [6.07, 6.45) is 0.196. The fourth-order valence-corrected chi connectivity index (χ4v) is 3.21. The molecule has 3 heteroatoms. The van der Waals surface area contributed by atoms with Crippen molar-refractivity contribution in [1.82, 2.24) is 0 Å². The SMILES string of the molecule is O=C(c1ccccc1)C(CC#CSc1ccccc1)C(=O)c1ccccc1. The molecule has 0 unspecified atom stereocenters. The largest absolute Gasteiger partial charge is 0.293 e. The van der Waals surface area contributed by atoms with Crippen LogP contribution in [-0.4, -0.2) is 11.6 Å². The Morgan fingerprint density at radius 3 is 1.63 bits per heavy atom. The second-order valence-corrected chi connectivity index (χ2v) is 6.79. The second-order valence-electron chi connectivity index (χ2n) is 5.91. The first-order chi connectivity index (χ1) is 13.3. The minimum atomic E-state index is -0.807. The Morgan fingerprint density at radius 2 is 1.15 bits per heavy atom. The van der Waals surface area contributed by atoms with Gasteiger partial charge in [-0.15, -0.1) is 0 Å². The van der Waals surface area contributed by atoms with Gasteiger partial charge >= 0.3 is 0 Å². The van der Waals surface area contributed by atoms with Crippen LogP contribution in [0.1, 0.15) is 27.1 Å².